The van der Waals surface area contributed by atoms with Gasteiger partial charge in [-0.2, -0.15) is 0 Å². The lowest BCUT2D eigenvalue weighted by atomic mass is 10.3. The first-order valence-corrected chi connectivity index (χ1v) is 5.98. The highest BCUT2D eigenvalue weighted by Gasteiger charge is 2.15. The number of benzene rings is 1. The van der Waals surface area contributed by atoms with Crippen LogP contribution in [0, 0.1) is 0 Å². The molecule has 0 aliphatic carbocycles. The minimum absolute atomic E-state index is 0.236. The topological polar surface area (TPSA) is 51.9 Å². The molecule has 17 heavy (non-hydrogen) atoms. The van der Waals surface area contributed by atoms with Crippen LogP contribution in [0.5, 0.6) is 0 Å². The van der Waals surface area contributed by atoms with E-state index < -0.39 is 0 Å². The summed E-state index contributed by atoms with van der Waals surface area (Å²) >= 11 is 0. The minimum atomic E-state index is -0.312. The van der Waals surface area contributed by atoms with Gasteiger partial charge in [0.1, 0.15) is 0 Å². The van der Waals surface area contributed by atoms with Crippen LogP contribution in [0.4, 0.5) is 0 Å². The number of carbonyl (C=O) groups is 1. The van der Waals surface area contributed by atoms with Gasteiger partial charge in [0.05, 0.1) is 6.54 Å². The van der Waals surface area contributed by atoms with Gasteiger partial charge in [-0.05, 0) is 18.6 Å². The molecule has 1 amide bonds. The maximum atomic E-state index is 11.0. The summed E-state index contributed by atoms with van der Waals surface area (Å²) in [7, 11) is 0. The maximum Gasteiger partial charge on any atom is 0.259 e. The highest BCUT2D eigenvalue weighted by molar-refractivity contribution is 5.75. The Morgan fingerprint density at radius 1 is 1.41 bits per heavy atom. The van der Waals surface area contributed by atoms with Gasteiger partial charge < -0.3 is 5.73 Å². The van der Waals surface area contributed by atoms with E-state index in [9.17, 15) is 4.79 Å². The molecule has 0 saturated heterocycles. The number of hydrogen-bond donors (Lipinski definition) is 1. The molecule has 0 spiro atoms. The number of imidazole rings is 1. The number of hydrogen-bond acceptors (Lipinski definition) is 1. The van der Waals surface area contributed by atoms with Crippen molar-refractivity contribution < 1.29 is 9.36 Å². The lowest BCUT2D eigenvalue weighted by molar-refractivity contribution is -0.659. The zero-order valence-electron chi connectivity index (χ0n) is 10.1. The molecule has 2 N–H and O–H groups in total. The number of primary amides is 1. The van der Waals surface area contributed by atoms with Crippen LogP contribution in [0.3, 0.4) is 0 Å². The Hall–Kier alpha value is -1.84. The molecule has 0 fully saturated rings. The van der Waals surface area contributed by atoms with Crippen molar-refractivity contribution in [2.75, 3.05) is 0 Å². The van der Waals surface area contributed by atoms with Crippen LogP contribution in [0.15, 0.2) is 30.6 Å². The molecule has 4 nitrogen and oxygen atoms in total. The third-order valence-corrected chi connectivity index (χ3v) is 2.86. The fourth-order valence-electron chi connectivity index (χ4n) is 2.04. The monoisotopic (exact) mass is 232 g/mol. The SMILES string of the molecule is CCCCn1c[n+](CC(N)=O)c2ccccc21. The third-order valence-electron chi connectivity index (χ3n) is 2.86. The van der Waals surface area contributed by atoms with Crippen LogP contribution in [0.1, 0.15) is 19.8 Å². The Balaban J connectivity index is 2.42. The third kappa shape index (κ3) is 2.46. The van der Waals surface area contributed by atoms with E-state index in [0.717, 1.165) is 30.4 Å². The molecule has 1 aromatic heterocycles. The van der Waals surface area contributed by atoms with Crippen LogP contribution < -0.4 is 10.3 Å². The second-order valence-electron chi connectivity index (χ2n) is 4.25. The van der Waals surface area contributed by atoms with E-state index in [0.29, 0.717) is 0 Å². The lowest BCUT2D eigenvalue weighted by Gasteiger charge is -1.94. The highest BCUT2D eigenvalue weighted by atomic mass is 16.1. The summed E-state index contributed by atoms with van der Waals surface area (Å²) in [6.07, 6.45) is 4.27. The Labute approximate surface area is 101 Å². The number of nitrogens with two attached hydrogens (primary N) is 1. The zero-order chi connectivity index (χ0) is 12.3. The van der Waals surface area contributed by atoms with Gasteiger partial charge in [-0.15, -0.1) is 0 Å². The largest absolute Gasteiger partial charge is 0.366 e. The van der Waals surface area contributed by atoms with Crippen molar-refractivity contribution in [2.45, 2.75) is 32.9 Å². The number of nitrogens with zero attached hydrogens (tertiary/aromatic N) is 2. The molecule has 2 rings (SSSR count). The average Bonchev–Trinajstić information content (AvgIpc) is 2.65. The van der Waals surface area contributed by atoms with Crippen molar-refractivity contribution in [3.63, 3.8) is 0 Å². The van der Waals surface area contributed by atoms with Gasteiger partial charge in [-0.3, -0.25) is 4.79 Å². The van der Waals surface area contributed by atoms with Crippen molar-refractivity contribution in [2.24, 2.45) is 5.73 Å². The molecule has 1 aromatic carbocycles. The van der Waals surface area contributed by atoms with E-state index in [4.69, 9.17) is 5.73 Å². The van der Waals surface area contributed by atoms with Crippen LogP contribution in [0.25, 0.3) is 11.0 Å². The van der Waals surface area contributed by atoms with Crippen molar-refractivity contribution in [1.29, 1.82) is 0 Å². The first kappa shape index (κ1) is 11.6. The fraction of sp³-hybridized carbons (Fsp3) is 0.385. The van der Waals surface area contributed by atoms with E-state index in [-0.39, 0.29) is 12.5 Å². The molecule has 0 aliphatic rings. The molecule has 0 unspecified atom stereocenters. The van der Waals surface area contributed by atoms with Crippen molar-refractivity contribution in [1.82, 2.24) is 4.57 Å². The summed E-state index contributed by atoms with van der Waals surface area (Å²) in [6.45, 7) is 3.38. The molecule has 0 bridgehead atoms. The first-order chi connectivity index (χ1) is 8.22. The predicted octanol–water partition coefficient (Wildman–Crippen LogP) is 1.21. The van der Waals surface area contributed by atoms with Gasteiger partial charge in [0.25, 0.3) is 5.91 Å². The number of aryl methyl sites for hydroxylation is 1. The Morgan fingerprint density at radius 2 is 2.18 bits per heavy atom. The molecule has 0 saturated carbocycles. The summed E-state index contributed by atoms with van der Waals surface area (Å²) in [6, 6.07) is 8.08. The molecule has 1 heterocycles. The van der Waals surface area contributed by atoms with Crippen LogP contribution >= 0.6 is 0 Å². The smallest absolute Gasteiger partial charge is 0.259 e. The maximum absolute atomic E-state index is 11.0. The number of aromatic nitrogens is 2. The molecule has 4 heteroatoms. The molecule has 0 aliphatic heterocycles. The second-order valence-corrected chi connectivity index (χ2v) is 4.25. The van der Waals surface area contributed by atoms with Gasteiger partial charge in [0.15, 0.2) is 17.6 Å². The number of amides is 1. The summed E-state index contributed by atoms with van der Waals surface area (Å²) in [5.41, 5.74) is 7.47. The fourth-order valence-corrected chi connectivity index (χ4v) is 2.04. The van der Waals surface area contributed by atoms with Gasteiger partial charge in [0, 0.05) is 0 Å². The van der Waals surface area contributed by atoms with Gasteiger partial charge in [-0.1, -0.05) is 25.5 Å². The Kier molecular flexibility index (Phi) is 3.42. The number of unbranched alkanes of at least 4 members (excludes halogenated alkanes) is 1. The van der Waals surface area contributed by atoms with E-state index in [1.54, 1.807) is 0 Å². The Morgan fingerprint density at radius 3 is 2.88 bits per heavy atom. The van der Waals surface area contributed by atoms with Crippen molar-refractivity contribution in [3.8, 4) is 0 Å². The van der Waals surface area contributed by atoms with Gasteiger partial charge >= 0.3 is 0 Å². The van der Waals surface area contributed by atoms with E-state index in [2.05, 4.69) is 17.6 Å². The van der Waals surface area contributed by atoms with Crippen molar-refractivity contribution in [3.05, 3.63) is 30.6 Å². The summed E-state index contributed by atoms with van der Waals surface area (Å²) in [5, 5.41) is 0. The average molecular weight is 232 g/mol. The Bertz CT molecular complexity index is 530. The van der Waals surface area contributed by atoms with Crippen LogP contribution in [0.2, 0.25) is 0 Å². The standard InChI is InChI=1S/C13H17N3O/c1-2-3-8-15-10-16(9-13(14)17)12-7-5-4-6-11(12)15/h4-7,10H,2-3,8-9H2,1H3,(H-,14,17)/p+1. The highest BCUT2D eigenvalue weighted by Crippen LogP contribution is 2.11. The minimum Gasteiger partial charge on any atom is -0.366 e. The first-order valence-electron chi connectivity index (χ1n) is 5.98. The normalized spacial score (nSPS) is 10.9. The zero-order valence-corrected chi connectivity index (χ0v) is 10.1. The summed E-state index contributed by atoms with van der Waals surface area (Å²) < 4.78 is 4.09. The second kappa shape index (κ2) is 4.99. The molecule has 90 valence electrons. The number of para-hydroxylation sites is 2. The quantitative estimate of drug-likeness (QED) is 0.774. The predicted molar refractivity (Wildman–Crippen MR) is 66.2 cm³/mol. The van der Waals surface area contributed by atoms with Crippen molar-refractivity contribution >= 4 is 16.9 Å². The van der Waals surface area contributed by atoms with E-state index in [1.165, 1.54) is 0 Å². The number of fused-ring (bicyclic) bond motifs is 1. The number of carbonyl (C=O) groups excluding carboxylic acids is 1. The molecule has 0 radical (unpaired) electrons. The molecule has 0 atom stereocenters. The van der Waals surface area contributed by atoms with E-state index >= 15 is 0 Å². The summed E-state index contributed by atoms with van der Waals surface area (Å²) in [5.74, 6) is -0.312. The van der Waals surface area contributed by atoms with Crippen LogP contribution in [-0.4, -0.2) is 10.5 Å². The molecular weight excluding hydrogens is 214 g/mol. The van der Waals surface area contributed by atoms with Gasteiger partial charge in [0.2, 0.25) is 6.33 Å². The number of rotatable bonds is 5. The van der Waals surface area contributed by atoms with Crippen LogP contribution in [-0.2, 0) is 17.9 Å². The lowest BCUT2D eigenvalue weighted by Crippen LogP contribution is -2.39. The van der Waals surface area contributed by atoms with Gasteiger partial charge in [-0.25, -0.2) is 9.13 Å². The summed E-state index contributed by atoms with van der Waals surface area (Å²) in [4.78, 5) is 11.0. The molecule has 2 aromatic rings. The molecular formula is C13H18N3O+. The van der Waals surface area contributed by atoms with E-state index in [1.807, 2.05) is 29.1 Å².